The van der Waals surface area contributed by atoms with Crippen molar-refractivity contribution in [3.05, 3.63) is 11.1 Å². The van der Waals surface area contributed by atoms with Crippen molar-refractivity contribution < 1.29 is 14.4 Å². The zero-order valence-corrected chi connectivity index (χ0v) is 10.1. The highest BCUT2D eigenvalue weighted by Crippen LogP contribution is 2.21. The van der Waals surface area contributed by atoms with Crippen LogP contribution in [0.5, 0.6) is 0 Å². The summed E-state index contributed by atoms with van der Waals surface area (Å²) in [5, 5.41) is 5.76. The lowest BCUT2D eigenvalue weighted by Gasteiger charge is -2.39. The van der Waals surface area contributed by atoms with Crippen LogP contribution in [0.15, 0.2) is 6.20 Å². The molecule has 1 aliphatic rings. The number of hydrogen-bond acceptors (Lipinski definition) is 6. The van der Waals surface area contributed by atoms with Crippen LogP contribution in [0.1, 0.15) is 23.5 Å². The average Bonchev–Trinajstić information content (AvgIpc) is 2.76. The number of hydrogen-bond donors (Lipinski definition) is 1. The zero-order chi connectivity index (χ0) is 12.6. The van der Waals surface area contributed by atoms with Crippen LogP contribution in [-0.2, 0) is 9.59 Å². The average molecular weight is 254 g/mol. The summed E-state index contributed by atoms with van der Waals surface area (Å²) in [6, 6.07) is 0. The van der Waals surface area contributed by atoms with E-state index in [-0.39, 0.29) is 6.54 Å². The third kappa shape index (κ3) is 1.91. The summed E-state index contributed by atoms with van der Waals surface area (Å²) in [6.07, 6.45) is 1.32. The standard InChI is InChI=1S/C9H10N4O3S/c1-9(2)8(16)11-6(14)4-13(9)7(15)5-3-10-12-17-5/h3H,4H2,1-2H3,(H,11,14,16). The van der Waals surface area contributed by atoms with E-state index in [1.54, 1.807) is 13.8 Å². The minimum absolute atomic E-state index is 0.143. The van der Waals surface area contributed by atoms with Gasteiger partial charge in [-0.05, 0) is 25.4 Å². The fourth-order valence-corrected chi connectivity index (χ4v) is 1.97. The lowest BCUT2D eigenvalue weighted by Crippen LogP contribution is -2.65. The first-order valence-electron chi connectivity index (χ1n) is 4.86. The lowest BCUT2D eigenvalue weighted by molar-refractivity contribution is -0.143. The molecule has 0 bridgehead atoms. The van der Waals surface area contributed by atoms with Crippen LogP contribution in [0.3, 0.4) is 0 Å². The molecule has 1 saturated heterocycles. The number of nitrogens with one attached hydrogen (secondary N) is 1. The molecule has 1 aromatic heterocycles. The van der Waals surface area contributed by atoms with Crippen molar-refractivity contribution in [3.63, 3.8) is 0 Å². The molecule has 3 amide bonds. The molecule has 90 valence electrons. The van der Waals surface area contributed by atoms with Gasteiger partial charge in [0.05, 0.1) is 6.20 Å². The van der Waals surface area contributed by atoms with Gasteiger partial charge in [0.1, 0.15) is 17.0 Å². The minimum Gasteiger partial charge on any atom is -0.314 e. The number of nitrogens with zero attached hydrogens (tertiary/aromatic N) is 3. The zero-order valence-electron chi connectivity index (χ0n) is 9.26. The third-order valence-electron chi connectivity index (χ3n) is 2.60. The second-order valence-corrected chi connectivity index (χ2v) is 4.90. The highest BCUT2D eigenvalue weighted by Gasteiger charge is 2.44. The first-order valence-corrected chi connectivity index (χ1v) is 5.64. The Bertz CT molecular complexity index is 482. The predicted molar refractivity (Wildman–Crippen MR) is 58.2 cm³/mol. The van der Waals surface area contributed by atoms with Gasteiger partial charge in [-0.2, -0.15) is 0 Å². The van der Waals surface area contributed by atoms with Crippen molar-refractivity contribution >= 4 is 29.3 Å². The van der Waals surface area contributed by atoms with Crippen LogP contribution < -0.4 is 5.32 Å². The number of carbonyl (C=O) groups is 3. The lowest BCUT2D eigenvalue weighted by atomic mass is 9.98. The summed E-state index contributed by atoms with van der Waals surface area (Å²) in [5.74, 6) is -1.38. The molecule has 1 aliphatic heterocycles. The fourth-order valence-electron chi connectivity index (χ4n) is 1.50. The first-order chi connectivity index (χ1) is 7.93. The van der Waals surface area contributed by atoms with E-state index in [1.807, 2.05) is 0 Å². The molecule has 0 aliphatic carbocycles. The highest BCUT2D eigenvalue weighted by atomic mass is 32.1. The molecule has 1 N–H and O–H groups in total. The van der Waals surface area contributed by atoms with Gasteiger partial charge in [-0.15, -0.1) is 5.10 Å². The summed E-state index contributed by atoms with van der Waals surface area (Å²) in [4.78, 5) is 36.6. The first kappa shape index (κ1) is 11.6. The Morgan fingerprint density at radius 2 is 2.24 bits per heavy atom. The molecule has 8 heteroatoms. The van der Waals surface area contributed by atoms with Crippen LogP contribution >= 0.6 is 11.5 Å². The molecular weight excluding hydrogens is 244 g/mol. The second kappa shape index (κ2) is 3.88. The Labute approximate surface area is 101 Å². The normalized spacial score (nSPS) is 19.1. The molecule has 0 spiro atoms. The number of imide groups is 1. The van der Waals surface area contributed by atoms with Gasteiger partial charge in [-0.3, -0.25) is 19.7 Å². The summed E-state index contributed by atoms with van der Waals surface area (Å²) in [7, 11) is 0. The predicted octanol–water partition coefficient (Wildman–Crippen LogP) is -0.585. The molecule has 1 fully saturated rings. The Balaban J connectivity index is 2.33. The van der Waals surface area contributed by atoms with Crippen molar-refractivity contribution in [2.75, 3.05) is 6.54 Å². The number of rotatable bonds is 1. The maximum Gasteiger partial charge on any atom is 0.268 e. The molecule has 1 aromatic rings. The summed E-state index contributed by atoms with van der Waals surface area (Å²) >= 11 is 0.933. The number of piperazine rings is 1. The van der Waals surface area contributed by atoms with Gasteiger partial charge in [0.25, 0.3) is 11.8 Å². The van der Waals surface area contributed by atoms with Crippen LogP contribution in [0.2, 0.25) is 0 Å². The Kier molecular flexibility index (Phi) is 2.66. The van der Waals surface area contributed by atoms with Crippen molar-refractivity contribution in [1.29, 1.82) is 0 Å². The highest BCUT2D eigenvalue weighted by molar-refractivity contribution is 7.07. The quantitative estimate of drug-likeness (QED) is 0.676. The van der Waals surface area contributed by atoms with E-state index in [1.165, 1.54) is 11.1 Å². The van der Waals surface area contributed by atoms with Crippen molar-refractivity contribution in [2.45, 2.75) is 19.4 Å². The summed E-state index contributed by atoms with van der Waals surface area (Å²) < 4.78 is 3.58. The Hall–Kier alpha value is -1.83. The third-order valence-corrected chi connectivity index (χ3v) is 3.26. The molecule has 0 atom stereocenters. The molecule has 0 aromatic carbocycles. The van der Waals surface area contributed by atoms with E-state index in [0.29, 0.717) is 4.88 Å². The maximum absolute atomic E-state index is 12.1. The Morgan fingerprint density at radius 1 is 1.53 bits per heavy atom. The van der Waals surface area contributed by atoms with E-state index in [9.17, 15) is 14.4 Å². The van der Waals surface area contributed by atoms with Gasteiger partial charge in [-0.1, -0.05) is 4.49 Å². The Morgan fingerprint density at radius 3 is 2.82 bits per heavy atom. The van der Waals surface area contributed by atoms with E-state index in [2.05, 4.69) is 14.9 Å². The van der Waals surface area contributed by atoms with Gasteiger partial charge in [-0.25, -0.2) is 0 Å². The van der Waals surface area contributed by atoms with Gasteiger partial charge >= 0.3 is 0 Å². The van der Waals surface area contributed by atoms with Crippen LogP contribution in [-0.4, -0.2) is 44.3 Å². The summed E-state index contributed by atoms with van der Waals surface area (Å²) in [5.41, 5.74) is -1.06. The number of aromatic nitrogens is 2. The van der Waals surface area contributed by atoms with E-state index < -0.39 is 23.3 Å². The number of amides is 3. The molecule has 2 heterocycles. The topological polar surface area (TPSA) is 92.3 Å². The maximum atomic E-state index is 12.1. The molecule has 7 nitrogen and oxygen atoms in total. The smallest absolute Gasteiger partial charge is 0.268 e. The van der Waals surface area contributed by atoms with Crippen LogP contribution in [0.25, 0.3) is 0 Å². The second-order valence-electron chi connectivity index (χ2n) is 4.11. The largest absolute Gasteiger partial charge is 0.314 e. The monoisotopic (exact) mass is 254 g/mol. The van der Waals surface area contributed by atoms with Gasteiger partial charge < -0.3 is 4.90 Å². The summed E-state index contributed by atoms with van der Waals surface area (Å²) in [6.45, 7) is 3.03. The molecule has 0 saturated carbocycles. The van der Waals surface area contributed by atoms with E-state index in [4.69, 9.17) is 0 Å². The van der Waals surface area contributed by atoms with Crippen molar-refractivity contribution in [1.82, 2.24) is 19.8 Å². The van der Waals surface area contributed by atoms with E-state index in [0.717, 1.165) is 11.5 Å². The van der Waals surface area contributed by atoms with Gasteiger partial charge in [0, 0.05) is 0 Å². The van der Waals surface area contributed by atoms with E-state index >= 15 is 0 Å². The van der Waals surface area contributed by atoms with Crippen molar-refractivity contribution in [2.24, 2.45) is 0 Å². The number of carbonyl (C=O) groups excluding carboxylic acids is 3. The van der Waals surface area contributed by atoms with Gasteiger partial charge in [0.15, 0.2) is 0 Å². The molecule has 17 heavy (non-hydrogen) atoms. The van der Waals surface area contributed by atoms with Crippen LogP contribution in [0.4, 0.5) is 0 Å². The molecular formula is C9H10N4O3S. The fraction of sp³-hybridized carbons (Fsp3) is 0.444. The van der Waals surface area contributed by atoms with Crippen molar-refractivity contribution in [3.8, 4) is 0 Å². The molecule has 2 rings (SSSR count). The minimum atomic E-state index is -1.06. The molecule has 0 radical (unpaired) electrons. The SMILES string of the molecule is CC1(C)C(=O)NC(=O)CN1C(=O)c1cnns1. The van der Waals surface area contributed by atoms with Crippen LogP contribution in [0, 0.1) is 0 Å². The van der Waals surface area contributed by atoms with Gasteiger partial charge in [0.2, 0.25) is 5.91 Å². The molecule has 0 unspecified atom stereocenters.